The Morgan fingerprint density at radius 1 is 0.481 bits per heavy atom. The number of pyridine rings is 1. The maximum atomic E-state index is 5.36. The van der Waals surface area contributed by atoms with Crippen LogP contribution in [0.25, 0.3) is 60.9 Å². The van der Waals surface area contributed by atoms with Gasteiger partial charge in [-0.25, -0.2) is 15.0 Å². The largest absolute Gasteiger partial charge is 0.333 e. The van der Waals surface area contributed by atoms with Gasteiger partial charge in [0.25, 0.3) is 0 Å². The molecule has 0 bridgehead atoms. The molecule has 1 aliphatic rings. The first-order valence-electron chi connectivity index (χ1n) is 18.2. The van der Waals surface area contributed by atoms with Gasteiger partial charge in [0.2, 0.25) is 0 Å². The van der Waals surface area contributed by atoms with E-state index in [1.807, 2.05) is 48.7 Å². The summed E-state index contributed by atoms with van der Waals surface area (Å²) in [6.07, 6.45) is 1.64. The maximum absolute atomic E-state index is 5.36. The quantitative estimate of drug-likeness (QED) is 0.163. The number of para-hydroxylation sites is 1. The predicted molar refractivity (Wildman–Crippen MR) is 221 cm³/mol. The van der Waals surface area contributed by atoms with Gasteiger partial charge in [0.05, 0.1) is 16.6 Å². The van der Waals surface area contributed by atoms with Crippen molar-refractivity contribution in [2.75, 3.05) is 7.05 Å². The summed E-state index contributed by atoms with van der Waals surface area (Å²) >= 11 is 0. The summed E-state index contributed by atoms with van der Waals surface area (Å²) in [6, 6.07) is 61.2. The second-order valence-corrected chi connectivity index (χ2v) is 13.6. The first-order chi connectivity index (χ1) is 26.7. The van der Waals surface area contributed by atoms with Gasteiger partial charge >= 0.3 is 0 Å². The molecule has 1 unspecified atom stereocenters. The van der Waals surface area contributed by atoms with Crippen molar-refractivity contribution in [3.8, 4) is 28.2 Å². The van der Waals surface area contributed by atoms with Gasteiger partial charge in [0.1, 0.15) is 17.8 Å². The van der Waals surface area contributed by atoms with Crippen LogP contribution in [0.15, 0.2) is 192 Å². The lowest BCUT2D eigenvalue weighted by Crippen LogP contribution is -2.35. The van der Waals surface area contributed by atoms with Crippen LogP contribution in [0.5, 0.6) is 0 Å². The second-order valence-electron chi connectivity index (χ2n) is 13.6. The SMILES string of the molecule is CN1C(c2ccccc2)=NC(c2ccccc2)=NC1c1ccc(-c2ccc(-c3nc4c5cccnc5c5ccccc5c4n3-c3ccccc3)cc2)cc1. The zero-order chi connectivity index (χ0) is 36.0. The van der Waals surface area contributed by atoms with E-state index in [1.54, 1.807) is 0 Å². The van der Waals surface area contributed by atoms with E-state index in [9.17, 15) is 0 Å². The van der Waals surface area contributed by atoms with Crippen LogP contribution < -0.4 is 0 Å². The van der Waals surface area contributed by atoms with Crippen molar-refractivity contribution >= 4 is 44.4 Å². The Morgan fingerprint density at radius 3 is 1.76 bits per heavy atom. The van der Waals surface area contributed by atoms with Crippen LogP contribution >= 0.6 is 0 Å². The molecule has 7 aromatic carbocycles. The third kappa shape index (κ3) is 5.35. The number of nitrogens with zero attached hydrogens (tertiary/aromatic N) is 6. The molecule has 0 amide bonds. The van der Waals surface area contributed by atoms with Crippen molar-refractivity contribution in [3.05, 3.63) is 199 Å². The van der Waals surface area contributed by atoms with Crippen LogP contribution in [0.1, 0.15) is 22.9 Å². The summed E-state index contributed by atoms with van der Waals surface area (Å²) in [6.45, 7) is 0. The fourth-order valence-electron chi connectivity index (χ4n) is 7.65. The van der Waals surface area contributed by atoms with E-state index in [-0.39, 0.29) is 6.17 Å². The van der Waals surface area contributed by atoms with E-state index in [0.717, 1.165) is 89.3 Å². The number of imidazole rings is 1. The lowest BCUT2D eigenvalue weighted by molar-refractivity contribution is 0.383. The highest BCUT2D eigenvalue weighted by molar-refractivity contribution is 6.23. The Kier molecular flexibility index (Phi) is 7.65. The number of aliphatic imine (C=N–C) groups is 2. The number of benzene rings is 7. The zero-order valence-electron chi connectivity index (χ0n) is 29.6. The summed E-state index contributed by atoms with van der Waals surface area (Å²) in [7, 11) is 2.07. The van der Waals surface area contributed by atoms with Crippen molar-refractivity contribution in [1.82, 2.24) is 19.4 Å². The van der Waals surface area contributed by atoms with Gasteiger partial charge in [-0.05, 0) is 41.0 Å². The second kappa shape index (κ2) is 13.1. The average molecular weight is 695 g/mol. The molecule has 1 atom stereocenters. The Bertz CT molecular complexity index is 2860. The molecule has 54 heavy (non-hydrogen) atoms. The first-order valence-corrected chi connectivity index (χ1v) is 18.2. The number of hydrogen-bond acceptors (Lipinski definition) is 5. The van der Waals surface area contributed by atoms with Crippen LogP contribution in [-0.4, -0.2) is 38.2 Å². The normalized spacial score (nSPS) is 14.4. The van der Waals surface area contributed by atoms with Gasteiger partial charge in [-0.2, -0.15) is 0 Å². The van der Waals surface area contributed by atoms with E-state index in [1.165, 1.54) is 0 Å². The number of hydrogen-bond donors (Lipinski definition) is 0. The van der Waals surface area contributed by atoms with Gasteiger partial charge in [-0.15, -0.1) is 0 Å². The first kappa shape index (κ1) is 31.5. The fraction of sp³-hybridized carbons (Fsp3) is 0.0417. The lowest BCUT2D eigenvalue weighted by atomic mass is 10.0. The van der Waals surface area contributed by atoms with Gasteiger partial charge in [-0.3, -0.25) is 9.55 Å². The Balaban J connectivity index is 1.03. The minimum atomic E-state index is -0.224. The molecule has 0 aliphatic carbocycles. The average Bonchev–Trinajstić information content (AvgIpc) is 3.66. The molecule has 0 fully saturated rings. The Morgan fingerprint density at radius 2 is 1.06 bits per heavy atom. The molecule has 3 heterocycles. The van der Waals surface area contributed by atoms with Crippen LogP contribution in [0.4, 0.5) is 0 Å². The Hall–Kier alpha value is -7.18. The van der Waals surface area contributed by atoms with Gasteiger partial charge in [-0.1, -0.05) is 152 Å². The molecule has 256 valence electrons. The van der Waals surface area contributed by atoms with E-state index < -0.39 is 0 Å². The van der Waals surface area contributed by atoms with Crippen LogP contribution in [0.3, 0.4) is 0 Å². The monoisotopic (exact) mass is 694 g/mol. The van der Waals surface area contributed by atoms with E-state index in [4.69, 9.17) is 20.0 Å². The summed E-state index contributed by atoms with van der Waals surface area (Å²) in [4.78, 5) is 22.5. The number of amidine groups is 2. The molecule has 1 aliphatic heterocycles. The molecule has 9 aromatic rings. The molecule has 2 aromatic heterocycles. The minimum absolute atomic E-state index is 0.224. The summed E-state index contributed by atoms with van der Waals surface area (Å²) < 4.78 is 2.30. The third-order valence-corrected chi connectivity index (χ3v) is 10.3. The summed E-state index contributed by atoms with van der Waals surface area (Å²) in [5.74, 6) is 2.52. The third-order valence-electron chi connectivity index (χ3n) is 10.3. The van der Waals surface area contributed by atoms with E-state index in [2.05, 4.69) is 150 Å². The fourth-order valence-corrected chi connectivity index (χ4v) is 7.65. The Labute approximate surface area is 313 Å². The number of fused-ring (bicyclic) bond motifs is 6. The highest BCUT2D eigenvalue weighted by Gasteiger charge is 2.27. The molecule has 0 radical (unpaired) electrons. The number of rotatable bonds is 6. The lowest BCUT2D eigenvalue weighted by Gasteiger charge is -2.32. The van der Waals surface area contributed by atoms with Gasteiger partial charge < -0.3 is 4.90 Å². The van der Waals surface area contributed by atoms with Gasteiger partial charge in [0.15, 0.2) is 5.84 Å². The zero-order valence-corrected chi connectivity index (χ0v) is 29.6. The van der Waals surface area contributed by atoms with Crippen molar-refractivity contribution in [2.45, 2.75) is 6.17 Å². The highest BCUT2D eigenvalue weighted by atomic mass is 15.3. The van der Waals surface area contributed by atoms with Crippen molar-refractivity contribution in [1.29, 1.82) is 0 Å². The van der Waals surface area contributed by atoms with Gasteiger partial charge in [0, 0.05) is 51.8 Å². The molecule has 10 rings (SSSR count). The molecular weight excluding hydrogens is 661 g/mol. The molecule has 0 N–H and O–H groups in total. The van der Waals surface area contributed by atoms with Crippen LogP contribution in [0, 0.1) is 0 Å². The molecule has 0 saturated carbocycles. The van der Waals surface area contributed by atoms with E-state index in [0.29, 0.717) is 0 Å². The van der Waals surface area contributed by atoms with E-state index >= 15 is 0 Å². The topological polar surface area (TPSA) is 58.7 Å². The standard InChI is InChI=1S/C48H34N6/c1-53-46(35-16-7-3-8-17-35)51-45(34-14-5-2-6-15-34)52-47(53)36-27-23-32(24-28-36)33-25-29-37(30-26-33)48-50-43-41-22-13-31-49-42(41)39-20-11-12-21-40(39)44(43)54(48)38-18-9-4-10-19-38/h2-31,47H,1H3. The highest BCUT2D eigenvalue weighted by Crippen LogP contribution is 2.39. The molecule has 0 saturated heterocycles. The molecule has 6 heteroatoms. The van der Waals surface area contributed by atoms with Crippen LogP contribution in [-0.2, 0) is 0 Å². The smallest absolute Gasteiger partial charge is 0.159 e. The van der Waals surface area contributed by atoms with Crippen molar-refractivity contribution < 1.29 is 0 Å². The maximum Gasteiger partial charge on any atom is 0.159 e. The summed E-state index contributed by atoms with van der Waals surface area (Å²) in [5, 5.41) is 3.29. The van der Waals surface area contributed by atoms with Crippen molar-refractivity contribution in [2.24, 2.45) is 9.98 Å². The molecule has 6 nitrogen and oxygen atoms in total. The number of aromatic nitrogens is 3. The summed E-state index contributed by atoms with van der Waals surface area (Å²) in [5.41, 5.74) is 10.5. The predicted octanol–water partition coefficient (Wildman–Crippen LogP) is 10.9. The molecule has 0 spiro atoms. The van der Waals surface area contributed by atoms with Crippen molar-refractivity contribution in [3.63, 3.8) is 0 Å². The molecular formula is C48H34N6. The van der Waals surface area contributed by atoms with Crippen LogP contribution in [0.2, 0.25) is 0 Å². The minimum Gasteiger partial charge on any atom is -0.333 e.